The minimum absolute atomic E-state index is 0.196. The second kappa shape index (κ2) is 6.37. The molecule has 0 aliphatic heterocycles. The van der Waals surface area contributed by atoms with Gasteiger partial charge >= 0.3 is 5.97 Å². The van der Waals surface area contributed by atoms with Gasteiger partial charge in [-0.1, -0.05) is 6.07 Å². The molecule has 0 heterocycles. The summed E-state index contributed by atoms with van der Waals surface area (Å²) in [5.74, 6) is -3.47. The maximum absolute atomic E-state index is 12.6. The van der Waals surface area contributed by atoms with Gasteiger partial charge in [-0.25, -0.2) is 4.79 Å². The molecular formula is C16H14O7. The fourth-order valence-corrected chi connectivity index (χ4v) is 2.18. The number of carbonyl (C=O) groups is 2. The van der Waals surface area contributed by atoms with Gasteiger partial charge in [0.25, 0.3) is 0 Å². The zero-order chi connectivity index (χ0) is 17.1. The van der Waals surface area contributed by atoms with E-state index in [4.69, 9.17) is 5.11 Å². The molecule has 0 aliphatic rings. The average Bonchev–Trinajstić information content (AvgIpc) is 2.52. The van der Waals surface area contributed by atoms with Gasteiger partial charge in [-0.3, -0.25) is 4.79 Å². The summed E-state index contributed by atoms with van der Waals surface area (Å²) in [6.07, 6.45) is 0. The Hall–Kier alpha value is -3.06. The van der Waals surface area contributed by atoms with E-state index in [2.05, 4.69) is 4.74 Å². The summed E-state index contributed by atoms with van der Waals surface area (Å²) >= 11 is 0. The first-order valence-corrected chi connectivity index (χ1v) is 6.51. The monoisotopic (exact) mass is 318 g/mol. The molecule has 23 heavy (non-hydrogen) atoms. The average molecular weight is 318 g/mol. The number of aliphatic hydroxyl groups is 1. The van der Waals surface area contributed by atoms with Crippen molar-refractivity contribution in [3.63, 3.8) is 0 Å². The van der Waals surface area contributed by atoms with Crippen LogP contribution in [-0.4, -0.2) is 39.3 Å². The van der Waals surface area contributed by atoms with Crippen LogP contribution in [0.3, 0.4) is 0 Å². The zero-order valence-corrected chi connectivity index (χ0v) is 12.1. The fourth-order valence-electron chi connectivity index (χ4n) is 2.18. The van der Waals surface area contributed by atoms with Crippen LogP contribution in [0.15, 0.2) is 30.3 Å². The maximum Gasteiger partial charge on any atom is 0.338 e. The Morgan fingerprint density at radius 2 is 1.61 bits per heavy atom. The van der Waals surface area contributed by atoms with Crippen molar-refractivity contribution in [2.75, 3.05) is 7.11 Å². The number of phenols is 3. The summed E-state index contributed by atoms with van der Waals surface area (Å²) in [5.41, 5.74) is -0.903. The first-order chi connectivity index (χ1) is 10.9. The van der Waals surface area contributed by atoms with E-state index in [-0.39, 0.29) is 11.1 Å². The summed E-state index contributed by atoms with van der Waals surface area (Å²) in [5, 5.41) is 38.8. The van der Waals surface area contributed by atoms with Crippen LogP contribution in [0.1, 0.15) is 31.8 Å². The molecule has 0 bridgehead atoms. The van der Waals surface area contributed by atoms with Crippen molar-refractivity contribution < 1.29 is 34.8 Å². The van der Waals surface area contributed by atoms with Crippen LogP contribution in [0, 0.1) is 0 Å². The predicted molar refractivity (Wildman–Crippen MR) is 78.6 cm³/mol. The molecule has 7 nitrogen and oxygen atoms in total. The van der Waals surface area contributed by atoms with Gasteiger partial charge < -0.3 is 25.2 Å². The van der Waals surface area contributed by atoms with E-state index in [1.54, 1.807) is 0 Å². The lowest BCUT2D eigenvalue weighted by atomic mass is 9.95. The van der Waals surface area contributed by atoms with Crippen molar-refractivity contribution >= 4 is 11.8 Å². The number of benzene rings is 2. The van der Waals surface area contributed by atoms with Crippen LogP contribution in [0.5, 0.6) is 17.2 Å². The van der Waals surface area contributed by atoms with Crippen molar-refractivity contribution in [1.82, 2.24) is 0 Å². The van der Waals surface area contributed by atoms with Crippen molar-refractivity contribution in [1.29, 1.82) is 0 Å². The van der Waals surface area contributed by atoms with E-state index in [1.165, 1.54) is 18.2 Å². The molecule has 0 unspecified atom stereocenters. The number of methoxy groups -OCH3 is 1. The highest BCUT2D eigenvalue weighted by atomic mass is 16.5. The second-order valence-corrected chi connectivity index (χ2v) is 4.69. The third kappa shape index (κ3) is 2.95. The summed E-state index contributed by atoms with van der Waals surface area (Å²) in [6.45, 7) is -0.445. The molecule has 4 N–H and O–H groups in total. The third-order valence-corrected chi connectivity index (χ3v) is 3.24. The summed E-state index contributed by atoms with van der Waals surface area (Å²) < 4.78 is 4.55. The Balaban J connectivity index is 2.65. The van der Waals surface area contributed by atoms with E-state index >= 15 is 0 Å². The minimum atomic E-state index is -0.956. The molecule has 0 atom stereocenters. The number of ether oxygens (including phenoxy) is 1. The number of rotatable bonds is 4. The quantitative estimate of drug-likeness (QED) is 0.495. The van der Waals surface area contributed by atoms with Crippen LogP contribution < -0.4 is 0 Å². The van der Waals surface area contributed by atoms with Crippen LogP contribution in [0.25, 0.3) is 0 Å². The highest BCUT2D eigenvalue weighted by Crippen LogP contribution is 2.34. The molecule has 0 saturated heterocycles. The van der Waals surface area contributed by atoms with Gasteiger partial charge in [-0.05, 0) is 29.8 Å². The largest absolute Gasteiger partial charge is 0.507 e. The Kier molecular flexibility index (Phi) is 4.52. The highest BCUT2D eigenvalue weighted by Gasteiger charge is 2.27. The lowest BCUT2D eigenvalue weighted by molar-refractivity contribution is 0.0596. The first-order valence-electron chi connectivity index (χ1n) is 6.51. The maximum atomic E-state index is 12.6. The van der Waals surface area contributed by atoms with Gasteiger partial charge in [-0.15, -0.1) is 0 Å². The van der Waals surface area contributed by atoms with Crippen molar-refractivity contribution in [3.8, 4) is 17.2 Å². The summed E-state index contributed by atoms with van der Waals surface area (Å²) in [7, 11) is 1.12. The van der Waals surface area contributed by atoms with Crippen LogP contribution in [-0.2, 0) is 11.3 Å². The number of ketones is 1. The Labute approximate surface area is 131 Å². The number of aromatic hydroxyl groups is 3. The van der Waals surface area contributed by atoms with Crippen LogP contribution in [0.4, 0.5) is 0 Å². The molecule has 0 saturated carbocycles. The SMILES string of the molecule is COC(=O)c1cccc(O)c1C(=O)c1c(O)cc(CO)cc1O. The Bertz CT molecular complexity index is 757. The minimum Gasteiger partial charge on any atom is -0.507 e. The topological polar surface area (TPSA) is 124 Å². The van der Waals surface area contributed by atoms with E-state index < -0.39 is 46.7 Å². The molecule has 0 aliphatic carbocycles. The fraction of sp³-hybridized carbons (Fsp3) is 0.125. The van der Waals surface area contributed by atoms with Gasteiger partial charge in [0, 0.05) is 0 Å². The molecule has 0 spiro atoms. The molecule has 7 heteroatoms. The number of carbonyl (C=O) groups excluding carboxylic acids is 2. The van der Waals surface area contributed by atoms with Gasteiger partial charge in [0.1, 0.15) is 22.8 Å². The second-order valence-electron chi connectivity index (χ2n) is 4.69. The third-order valence-electron chi connectivity index (χ3n) is 3.24. The summed E-state index contributed by atoms with van der Waals surface area (Å²) in [4.78, 5) is 24.3. The zero-order valence-electron chi connectivity index (χ0n) is 12.1. The molecule has 120 valence electrons. The van der Waals surface area contributed by atoms with Gasteiger partial charge in [0.2, 0.25) is 5.78 Å². The molecule has 0 fully saturated rings. The molecule has 2 aromatic carbocycles. The van der Waals surface area contributed by atoms with Crippen molar-refractivity contribution in [2.24, 2.45) is 0 Å². The molecule has 0 amide bonds. The number of esters is 1. The molecule has 0 aromatic heterocycles. The lowest BCUT2D eigenvalue weighted by Gasteiger charge is -2.12. The van der Waals surface area contributed by atoms with E-state index in [0.29, 0.717) is 0 Å². The standard InChI is InChI=1S/C16H14O7/c1-23-16(22)9-3-2-4-10(18)13(9)15(21)14-11(19)5-8(7-17)6-12(14)20/h2-6,17-20H,7H2,1H3. The van der Waals surface area contributed by atoms with E-state index in [1.807, 2.05) is 0 Å². The number of aliphatic hydroxyl groups excluding tert-OH is 1. The normalized spacial score (nSPS) is 10.3. The van der Waals surface area contributed by atoms with Crippen molar-refractivity contribution in [3.05, 3.63) is 52.6 Å². The van der Waals surface area contributed by atoms with Gasteiger partial charge in [0.15, 0.2) is 0 Å². The number of phenolic OH excluding ortho intramolecular Hbond substituents is 3. The molecule has 2 rings (SSSR count). The van der Waals surface area contributed by atoms with Crippen LogP contribution >= 0.6 is 0 Å². The predicted octanol–water partition coefficient (Wildman–Crippen LogP) is 1.31. The van der Waals surface area contributed by atoms with Crippen molar-refractivity contribution in [2.45, 2.75) is 6.61 Å². The summed E-state index contributed by atoms with van der Waals surface area (Å²) in [6, 6.07) is 6.02. The van der Waals surface area contributed by atoms with Gasteiger partial charge in [-0.2, -0.15) is 0 Å². The molecule has 0 radical (unpaired) electrons. The highest BCUT2D eigenvalue weighted by molar-refractivity contribution is 6.18. The van der Waals surface area contributed by atoms with E-state index in [0.717, 1.165) is 19.2 Å². The number of hydrogen-bond donors (Lipinski definition) is 4. The van der Waals surface area contributed by atoms with Crippen LogP contribution in [0.2, 0.25) is 0 Å². The van der Waals surface area contributed by atoms with Gasteiger partial charge in [0.05, 0.1) is 24.8 Å². The Morgan fingerprint density at radius 1 is 1.00 bits per heavy atom. The van der Waals surface area contributed by atoms with E-state index in [9.17, 15) is 24.9 Å². The molecular weight excluding hydrogens is 304 g/mol. The molecule has 2 aromatic rings. The first kappa shape index (κ1) is 16.3. The Morgan fingerprint density at radius 3 is 2.13 bits per heavy atom. The number of hydrogen-bond acceptors (Lipinski definition) is 7. The smallest absolute Gasteiger partial charge is 0.338 e. The lowest BCUT2D eigenvalue weighted by Crippen LogP contribution is -2.12.